The summed E-state index contributed by atoms with van der Waals surface area (Å²) in [4.78, 5) is 11.4. The molecule has 0 aromatic rings. The molecule has 1 aliphatic rings. The maximum atomic E-state index is 9.57. The molecule has 1 N–H and O–H groups in total. The third kappa shape index (κ3) is 9.30. The van der Waals surface area contributed by atoms with Crippen molar-refractivity contribution in [1.29, 1.82) is 5.26 Å². The van der Waals surface area contributed by atoms with Gasteiger partial charge in [-0.3, -0.25) is 9.63 Å². The molecule has 0 radical (unpaired) electrons. The van der Waals surface area contributed by atoms with E-state index in [0.29, 0.717) is 11.3 Å². The van der Waals surface area contributed by atoms with Crippen LogP contribution in [0.15, 0.2) is 0 Å². The first-order chi connectivity index (χ1) is 8.28. The van der Waals surface area contributed by atoms with Crippen LogP contribution in [0.2, 0.25) is 0 Å². The fraction of sp³-hybridized carbons (Fsp3) is 0.857. The van der Waals surface area contributed by atoms with Gasteiger partial charge < -0.3 is 0 Å². The second kappa shape index (κ2) is 8.37. The highest BCUT2D eigenvalue weighted by Crippen LogP contribution is 2.35. The lowest BCUT2D eigenvalue weighted by Gasteiger charge is -2.30. The molecule has 0 bridgehead atoms. The number of hydrogen-bond donors (Lipinski definition) is 1. The van der Waals surface area contributed by atoms with Crippen LogP contribution >= 0.6 is 11.8 Å². The van der Waals surface area contributed by atoms with Gasteiger partial charge in [-0.25, -0.2) is 0 Å². The number of rotatable bonds is 1. The van der Waals surface area contributed by atoms with Gasteiger partial charge in [-0.1, -0.05) is 20.8 Å². The van der Waals surface area contributed by atoms with Crippen LogP contribution in [0.3, 0.4) is 0 Å². The molecule has 0 aromatic carbocycles. The van der Waals surface area contributed by atoms with E-state index in [1.54, 1.807) is 0 Å². The van der Waals surface area contributed by atoms with E-state index in [9.17, 15) is 4.79 Å². The molecule has 1 rings (SSSR count). The summed E-state index contributed by atoms with van der Waals surface area (Å²) in [5.41, 5.74) is 0.462. The van der Waals surface area contributed by atoms with Crippen molar-refractivity contribution in [2.24, 2.45) is 17.3 Å². The van der Waals surface area contributed by atoms with Crippen LogP contribution in [-0.4, -0.2) is 5.91 Å². The second-order valence-electron chi connectivity index (χ2n) is 6.26. The summed E-state index contributed by atoms with van der Waals surface area (Å²) in [6.07, 6.45) is 6.14. The highest BCUT2D eigenvalue weighted by Gasteiger charge is 2.24. The molecule has 0 aliphatic heterocycles. The number of carbonyl (C=O) groups excluding carboxylic acids is 1. The van der Waals surface area contributed by atoms with Gasteiger partial charge in [-0.05, 0) is 43.4 Å². The summed E-state index contributed by atoms with van der Waals surface area (Å²) >= 11 is 4.74. The zero-order valence-corrected chi connectivity index (χ0v) is 12.7. The number of halogens is 1. The topological polar surface area (TPSA) is 52.9 Å². The van der Waals surface area contributed by atoms with Crippen molar-refractivity contribution in [2.75, 3.05) is 0 Å². The molecule has 0 atom stereocenters. The second-order valence-corrected chi connectivity index (χ2v) is 6.45. The molecule has 18 heavy (non-hydrogen) atoms. The van der Waals surface area contributed by atoms with E-state index in [-0.39, 0.29) is 5.91 Å². The van der Waals surface area contributed by atoms with Gasteiger partial charge in [0.15, 0.2) is 0 Å². The Morgan fingerprint density at radius 3 is 2.06 bits per heavy atom. The Balaban J connectivity index is 0.000000494. The number of nitrogens with zero attached hydrogens (tertiary/aromatic N) is 1. The molecule has 0 spiro atoms. The minimum absolute atomic E-state index is 0.230. The number of hydrogen-bond acceptors (Lipinski definition) is 2. The monoisotopic (exact) mass is 272 g/mol. The fourth-order valence-electron chi connectivity index (χ4n) is 2.36. The van der Waals surface area contributed by atoms with Gasteiger partial charge in [0, 0.05) is 24.6 Å². The average molecular weight is 273 g/mol. The molecule has 1 saturated carbocycles. The Morgan fingerprint density at radius 1 is 1.33 bits per heavy atom. The first-order valence-electron chi connectivity index (χ1n) is 6.55. The number of amides is 1. The van der Waals surface area contributed by atoms with Crippen molar-refractivity contribution < 1.29 is 4.79 Å². The molecular formula is C14H25ClN2O. The largest absolute Gasteiger partial charge is 0.274 e. The molecule has 1 amide bonds. The molecule has 0 aromatic heterocycles. The first kappa shape index (κ1) is 17.2. The summed E-state index contributed by atoms with van der Waals surface area (Å²) in [6.45, 7) is 8.27. The van der Waals surface area contributed by atoms with Crippen molar-refractivity contribution in [2.45, 2.75) is 59.8 Å². The SMILES string of the molecule is CC(=O)NCl.CC(C)(C)CC1CCC(C#N)CC1. The van der Waals surface area contributed by atoms with Crippen LogP contribution in [0.5, 0.6) is 0 Å². The molecule has 0 heterocycles. The van der Waals surface area contributed by atoms with Gasteiger partial charge in [0.2, 0.25) is 5.91 Å². The van der Waals surface area contributed by atoms with Gasteiger partial charge in [0.25, 0.3) is 0 Å². The van der Waals surface area contributed by atoms with Gasteiger partial charge >= 0.3 is 0 Å². The standard InChI is InChI=1S/C12H21N.C2H4ClNO/c1-12(2,3)8-10-4-6-11(9-13)7-5-10;1-2(5)4-3/h10-11H,4-8H2,1-3H3;1H3,(H,4,5). The molecule has 0 saturated heterocycles. The van der Waals surface area contributed by atoms with Crippen molar-refractivity contribution in [1.82, 2.24) is 4.84 Å². The predicted octanol–water partition coefficient (Wildman–Crippen LogP) is 4.03. The number of carbonyl (C=O) groups is 1. The Labute approximate surface area is 116 Å². The third-order valence-corrected chi connectivity index (χ3v) is 3.33. The van der Waals surface area contributed by atoms with Crippen molar-refractivity contribution in [3.05, 3.63) is 0 Å². The highest BCUT2D eigenvalue weighted by molar-refractivity contribution is 6.20. The van der Waals surface area contributed by atoms with Crippen molar-refractivity contribution in [3.8, 4) is 6.07 Å². The summed E-state index contributed by atoms with van der Waals surface area (Å²) in [7, 11) is 0. The number of nitrogens with one attached hydrogen (secondary N) is 1. The molecule has 0 unspecified atom stereocenters. The quantitative estimate of drug-likeness (QED) is 0.733. The minimum atomic E-state index is -0.230. The first-order valence-corrected chi connectivity index (χ1v) is 6.93. The average Bonchev–Trinajstić information content (AvgIpc) is 2.29. The number of nitriles is 1. The van der Waals surface area contributed by atoms with Gasteiger partial charge in [-0.2, -0.15) is 5.26 Å². The van der Waals surface area contributed by atoms with E-state index >= 15 is 0 Å². The Kier molecular flexibility index (Phi) is 8.02. The van der Waals surface area contributed by atoms with E-state index in [1.807, 2.05) is 4.84 Å². The van der Waals surface area contributed by atoms with Crippen LogP contribution in [-0.2, 0) is 4.79 Å². The molecule has 1 aliphatic carbocycles. The van der Waals surface area contributed by atoms with E-state index < -0.39 is 0 Å². The summed E-state index contributed by atoms with van der Waals surface area (Å²) < 4.78 is 0. The smallest absolute Gasteiger partial charge is 0.231 e. The zero-order chi connectivity index (χ0) is 14.2. The Morgan fingerprint density at radius 2 is 1.78 bits per heavy atom. The lowest BCUT2D eigenvalue weighted by atomic mass is 9.75. The van der Waals surface area contributed by atoms with Crippen LogP contribution in [0.25, 0.3) is 0 Å². The van der Waals surface area contributed by atoms with Crippen LogP contribution in [0, 0.1) is 28.6 Å². The van der Waals surface area contributed by atoms with Crippen LogP contribution < -0.4 is 4.84 Å². The van der Waals surface area contributed by atoms with Crippen LogP contribution in [0.4, 0.5) is 0 Å². The fourth-order valence-corrected chi connectivity index (χ4v) is 2.36. The Hall–Kier alpha value is -0.750. The molecule has 3 nitrogen and oxygen atoms in total. The molecule has 4 heteroatoms. The lowest BCUT2D eigenvalue weighted by molar-refractivity contribution is -0.117. The predicted molar refractivity (Wildman–Crippen MR) is 74.8 cm³/mol. The van der Waals surface area contributed by atoms with Crippen LogP contribution in [0.1, 0.15) is 59.8 Å². The van der Waals surface area contributed by atoms with E-state index in [0.717, 1.165) is 18.8 Å². The molecule has 104 valence electrons. The minimum Gasteiger partial charge on any atom is -0.274 e. The van der Waals surface area contributed by atoms with E-state index in [4.69, 9.17) is 17.0 Å². The van der Waals surface area contributed by atoms with Crippen molar-refractivity contribution >= 4 is 17.7 Å². The lowest BCUT2D eigenvalue weighted by Crippen LogP contribution is -2.19. The van der Waals surface area contributed by atoms with E-state index in [1.165, 1.54) is 26.2 Å². The van der Waals surface area contributed by atoms with Gasteiger partial charge in [0.1, 0.15) is 0 Å². The highest BCUT2D eigenvalue weighted by atomic mass is 35.5. The van der Waals surface area contributed by atoms with E-state index in [2.05, 4.69) is 26.8 Å². The maximum absolute atomic E-state index is 9.57. The third-order valence-electron chi connectivity index (χ3n) is 3.06. The van der Waals surface area contributed by atoms with Crippen molar-refractivity contribution in [3.63, 3.8) is 0 Å². The Bertz CT molecular complexity index is 283. The summed E-state index contributed by atoms with van der Waals surface area (Å²) in [5, 5.41) is 8.76. The normalized spacial score (nSPS) is 23.3. The van der Waals surface area contributed by atoms with Gasteiger partial charge in [-0.15, -0.1) is 0 Å². The maximum Gasteiger partial charge on any atom is 0.231 e. The zero-order valence-electron chi connectivity index (χ0n) is 11.9. The van der Waals surface area contributed by atoms with Gasteiger partial charge in [0.05, 0.1) is 6.07 Å². The summed E-state index contributed by atoms with van der Waals surface area (Å²) in [5.74, 6) is 1.01. The molecule has 1 fully saturated rings. The summed E-state index contributed by atoms with van der Waals surface area (Å²) in [6, 6.07) is 2.39. The molecular weight excluding hydrogens is 248 g/mol.